The number of ether oxygens (including phenoxy) is 2. The highest BCUT2D eigenvalue weighted by Gasteiger charge is 2.09. The van der Waals surface area contributed by atoms with Gasteiger partial charge in [-0.2, -0.15) is 0 Å². The van der Waals surface area contributed by atoms with Gasteiger partial charge in [0.2, 0.25) is 0 Å². The van der Waals surface area contributed by atoms with Gasteiger partial charge in [0.15, 0.2) is 11.5 Å². The van der Waals surface area contributed by atoms with Gasteiger partial charge in [-0.05, 0) is 31.2 Å². The molecule has 0 spiro atoms. The fraction of sp³-hybridized carbons (Fsp3) is 0.200. The number of para-hydroxylation sites is 2. The van der Waals surface area contributed by atoms with Crippen molar-refractivity contribution >= 4 is 27.5 Å². The molecule has 0 bridgehead atoms. The summed E-state index contributed by atoms with van der Waals surface area (Å²) in [5, 5.41) is 0. The van der Waals surface area contributed by atoms with Crippen LogP contribution in [0.3, 0.4) is 0 Å². The molecule has 0 aliphatic heterocycles. The fourth-order valence-electron chi connectivity index (χ4n) is 1.66. The predicted octanol–water partition coefficient (Wildman–Crippen LogP) is 5.38. The van der Waals surface area contributed by atoms with E-state index >= 15 is 0 Å². The molecule has 19 heavy (non-hydrogen) atoms. The highest BCUT2D eigenvalue weighted by molar-refractivity contribution is 9.10. The topological polar surface area (TPSA) is 18.5 Å². The van der Waals surface area contributed by atoms with E-state index in [1.165, 1.54) is 0 Å². The Morgan fingerprint density at radius 3 is 2.47 bits per heavy atom. The van der Waals surface area contributed by atoms with E-state index in [4.69, 9.17) is 21.1 Å². The maximum Gasteiger partial charge on any atom is 0.169 e. The van der Waals surface area contributed by atoms with Gasteiger partial charge in [0, 0.05) is 10.0 Å². The third-order valence-corrected chi connectivity index (χ3v) is 3.32. The quantitative estimate of drug-likeness (QED) is 0.680. The Balaban J connectivity index is 2.33. The van der Waals surface area contributed by atoms with Crippen LogP contribution >= 0.6 is 27.5 Å². The molecule has 2 rings (SSSR count). The zero-order chi connectivity index (χ0) is 13.7. The van der Waals surface area contributed by atoms with Crippen molar-refractivity contribution in [3.05, 3.63) is 52.5 Å². The van der Waals surface area contributed by atoms with Crippen molar-refractivity contribution < 1.29 is 9.47 Å². The molecule has 100 valence electrons. The van der Waals surface area contributed by atoms with Crippen molar-refractivity contribution in [2.24, 2.45) is 0 Å². The van der Waals surface area contributed by atoms with Crippen molar-refractivity contribution in [3.8, 4) is 17.2 Å². The molecule has 0 aromatic heterocycles. The standard InChI is InChI=1S/C15H14BrClO2/c1-2-18-13-5-3-4-6-14(13)19-15-9-12(16)8-7-11(15)10-17/h3-9H,2,10H2,1H3. The van der Waals surface area contributed by atoms with Gasteiger partial charge in [0.1, 0.15) is 5.75 Å². The lowest BCUT2D eigenvalue weighted by molar-refractivity contribution is 0.321. The van der Waals surface area contributed by atoms with E-state index < -0.39 is 0 Å². The van der Waals surface area contributed by atoms with Crippen molar-refractivity contribution in [2.75, 3.05) is 6.61 Å². The molecule has 0 N–H and O–H groups in total. The second-order valence-corrected chi connectivity index (χ2v) is 5.05. The molecular formula is C15H14BrClO2. The van der Waals surface area contributed by atoms with E-state index in [2.05, 4.69) is 15.9 Å². The van der Waals surface area contributed by atoms with E-state index in [1.807, 2.05) is 49.4 Å². The summed E-state index contributed by atoms with van der Waals surface area (Å²) >= 11 is 9.36. The minimum absolute atomic E-state index is 0.402. The van der Waals surface area contributed by atoms with Crippen molar-refractivity contribution in [1.29, 1.82) is 0 Å². The van der Waals surface area contributed by atoms with Gasteiger partial charge in [-0.25, -0.2) is 0 Å². The Labute approximate surface area is 126 Å². The van der Waals surface area contributed by atoms with E-state index in [1.54, 1.807) is 0 Å². The molecule has 0 saturated heterocycles. The van der Waals surface area contributed by atoms with Crippen molar-refractivity contribution in [3.63, 3.8) is 0 Å². The Morgan fingerprint density at radius 2 is 1.79 bits per heavy atom. The Morgan fingerprint density at radius 1 is 1.05 bits per heavy atom. The summed E-state index contributed by atoms with van der Waals surface area (Å²) < 4.78 is 12.4. The highest BCUT2D eigenvalue weighted by Crippen LogP contribution is 2.34. The summed E-state index contributed by atoms with van der Waals surface area (Å²) in [7, 11) is 0. The molecule has 2 aromatic rings. The third-order valence-electron chi connectivity index (χ3n) is 2.54. The molecule has 2 aromatic carbocycles. The van der Waals surface area contributed by atoms with Crippen LogP contribution < -0.4 is 9.47 Å². The lowest BCUT2D eigenvalue weighted by Gasteiger charge is -2.13. The fourth-order valence-corrected chi connectivity index (χ4v) is 2.22. The second kappa shape index (κ2) is 6.83. The number of benzene rings is 2. The van der Waals surface area contributed by atoms with Crippen molar-refractivity contribution in [1.82, 2.24) is 0 Å². The molecule has 0 aliphatic rings. The van der Waals surface area contributed by atoms with Crippen LogP contribution in [0.25, 0.3) is 0 Å². The first-order valence-corrected chi connectivity index (χ1v) is 7.31. The van der Waals surface area contributed by atoms with Crippen LogP contribution in [0, 0.1) is 0 Å². The van der Waals surface area contributed by atoms with Crippen LogP contribution in [0.1, 0.15) is 12.5 Å². The molecule has 0 aliphatic carbocycles. The maximum atomic E-state index is 5.93. The van der Waals surface area contributed by atoms with Gasteiger partial charge in [-0.3, -0.25) is 0 Å². The Hall–Kier alpha value is -1.19. The molecular weight excluding hydrogens is 328 g/mol. The summed E-state index contributed by atoms with van der Waals surface area (Å²) in [5.74, 6) is 2.55. The average molecular weight is 342 g/mol. The summed E-state index contributed by atoms with van der Waals surface area (Å²) in [6, 6.07) is 13.4. The summed E-state index contributed by atoms with van der Waals surface area (Å²) in [6.45, 7) is 2.54. The molecule has 0 unspecified atom stereocenters. The molecule has 0 fully saturated rings. The van der Waals surface area contributed by atoms with Crippen LogP contribution in [0.5, 0.6) is 17.2 Å². The first-order valence-electron chi connectivity index (χ1n) is 5.98. The van der Waals surface area contributed by atoms with E-state index in [9.17, 15) is 0 Å². The number of hydrogen-bond acceptors (Lipinski definition) is 2. The molecule has 2 nitrogen and oxygen atoms in total. The van der Waals surface area contributed by atoms with Gasteiger partial charge in [-0.15, -0.1) is 11.6 Å². The van der Waals surface area contributed by atoms with E-state index in [0.29, 0.717) is 18.2 Å². The van der Waals surface area contributed by atoms with Gasteiger partial charge in [-0.1, -0.05) is 34.1 Å². The summed E-state index contributed by atoms with van der Waals surface area (Å²) in [6.07, 6.45) is 0. The Kier molecular flexibility index (Phi) is 5.11. The molecule has 0 atom stereocenters. The van der Waals surface area contributed by atoms with Crippen LogP contribution in [0.2, 0.25) is 0 Å². The predicted molar refractivity (Wildman–Crippen MR) is 81.4 cm³/mol. The Bertz CT molecular complexity index is 558. The normalized spacial score (nSPS) is 10.3. The number of alkyl halides is 1. The minimum Gasteiger partial charge on any atom is -0.490 e. The first-order chi connectivity index (χ1) is 9.24. The zero-order valence-electron chi connectivity index (χ0n) is 10.5. The van der Waals surface area contributed by atoms with Gasteiger partial charge >= 0.3 is 0 Å². The van der Waals surface area contributed by atoms with Gasteiger partial charge < -0.3 is 9.47 Å². The number of rotatable bonds is 5. The molecule has 0 radical (unpaired) electrons. The van der Waals surface area contributed by atoms with Crippen LogP contribution in [0.4, 0.5) is 0 Å². The number of halogens is 2. The number of hydrogen-bond donors (Lipinski definition) is 0. The maximum absolute atomic E-state index is 5.93. The molecule has 0 saturated carbocycles. The smallest absolute Gasteiger partial charge is 0.169 e. The molecule has 4 heteroatoms. The lowest BCUT2D eigenvalue weighted by atomic mass is 10.2. The summed E-state index contributed by atoms with van der Waals surface area (Å²) in [4.78, 5) is 0. The van der Waals surface area contributed by atoms with Crippen LogP contribution in [-0.4, -0.2) is 6.61 Å². The van der Waals surface area contributed by atoms with Crippen LogP contribution in [0.15, 0.2) is 46.9 Å². The van der Waals surface area contributed by atoms with E-state index in [0.717, 1.165) is 21.5 Å². The van der Waals surface area contributed by atoms with Crippen molar-refractivity contribution in [2.45, 2.75) is 12.8 Å². The second-order valence-electron chi connectivity index (χ2n) is 3.87. The van der Waals surface area contributed by atoms with Gasteiger partial charge in [0.05, 0.1) is 12.5 Å². The SMILES string of the molecule is CCOc1ccccc1Oc1cc(Br)ccc1CCl. The van der Waals surface area contributed by atoms with Gasteiger partial charge in [0.25, 0.3) is 0 Å². The molecule has 0 heterocycles. The minimum atomic E-state index is 0.402. The zero-order valence-corrected chi connectivity index (χ0v) is 12.9. The monoisotopic (exact) mass is 340 g/mol. The lowest BCUT2D eigenvalue weighted by Crippen LogP contribution is -1.96. The highest BCUT2D eigenvalue weighted by atomic mass is 79.9. The van der Waals surface area contributed by atoms with E-state index in [-0.39, 0.29) is 0 Å². The average Bonchev–Trinajstić information content (AvgIpc) is 2.42. The van der Waals surface area contributed by atoms with Crippen LogP contribution in [-0.2, 0) is 5.88 Å². The molecule has 0 amide bonds. The largest absolute Gasteiger partial charge is 0.490 e. The first kappa shape index (κ1) is 14.2. The summed E-state index contributed by atoms with van der Waals surface area (Å²) in [5.41, 5.74) is 0.941. The third kappa shape index (κ3) is 3.64.